The van der Waals surface area contributed by atoms with Gasteiger partial charge in [0.15, 0.2) is 0 Å². The SMILES string of the molecule is CCN(Cc1c(F)cccc1F)C(=O)NCc1ccc(C#N)cc1. The summed E-state index contributed by atoms with van der Waals surface area (Å²) < 4.78 is 27.4. The Hall–Kier alpha value is -2.94. The average Bonchev–Trinajstić information content (AvgIpc) is 2.60. The molecule has 0 saturated heterocycles. The maximum Gasteiger partial charge on any atom is 0.317 e. The second-order valence-corrected chi connectivity index (χ2v) is 5.18. The Morgan fingerprint density at radius 2 is 1.79 bits per heavy atom. The maximum atomic E-state index is 13.7. The number of nitrogens with one attached hydrogen (secondary N) is 1. The minimum atomic E-state index is -0.673. The van der Waals surface area contributed by atoms with Crippen molar-refractivity contribution < 1.29 is 13.6 Å². The highest BCUT2D eigenvalue weighted by atomic mass is 19.1. The summed E-state index contributed by atoms with van der Waals surface area (Å²) in [4.78, 5) is 13.5. The Kier molecular flexibility index (Phi) is 5.85. The lowest BCUT2D eigenvalue weighted by atomic mass is 10.1. The zero-order valence-electron chi connectivity index (χ0n) is 13.2. The monoisotopic (exact) mass is 329 g/mol. The number of carbonyl (C=O) groups excluding carboxylic acids is 1. The van der Waals surface area contributed by atoms with Gasteiger partial charge in [-0.3, -0.25) is 0 Å². The molecule has 2 aromatic rings. The summed E-state index contributed by atoms with van der Waals surface area (Å²) >= 11 is 0. The van der Waals surface area contributed by atoms with Gasteiger partial charge in [-0.2, -0.15) is 5.26 Å². The Morgan fingerprint density at radius 1 is 1.17 bits per heavy atom. The molecule has 0 heterocycles. The molecule has 0 fully saturated rings. The summed E-state index contributed by atoms with van der Waals surface area (Å²) in [6.07, 6.45) is 0. The van der Waals surface area contributed by atoms with Gasteiger partial charge in [0.05, 0.1) is 18.2 Å². The van der Waals surface area contributed by atoms with Crippen LogP contribution in [0.5, 0.6) is 0 Å². The fraction of sp³-hybridized carbons (Fsp3) is 0.222. The minimum absolute atomic E-state index is 0.132. The lowest BCUT2D eigenvalue weighted by Crippen LogP contribution is -2.39. The summed E-state index contributed by atoms with van der Waals surface area (Å²) in [5, 5.41) is 11.5. The van der Waals surface area contributed by atoms with Crippen LogP contribution in [-0.4, -0.2) is 17.5 Å². The summed E-state index contributed by atoms with van der Waals surface area (Å²) in [5.41, 5.74) is 1.23. The molecular weight excluding hydrogens is 312 g/mol. The average molecular weight is 329 g/mol. The largest absolute Gasteiger partial charge is 0.334 e. The quantitative estimate of drug-likeness (QED) is 0.912. The first-order valence-corrected chi connectivity index (χ1v) is 7.49. The number of urea groups is 1. The van der Waals surface area contributed by atoms with Gasteiger partial charge in [-0.25, -0.2) is 13.6 Å². The Balaban J connectivity index is 1.99. The molecule has 0 saturated carbocycles. The molecule has 6 heteroatoms. The Bertz CT molecular complexity index is 734. The van der Waals surface area contributed by atoms with Gasteiger partial charge in [-0.15, -0.1) is 0 Å². The van der Waals surface area contributed by atoms with Gasteiger partial charge >= 0.3 is 6.03 Å². The molecule has 4 nitrogen and oxygen atoms in total. The highest BCUT2D eigenvalue weighted by Crippen LogP contribution is 2.14. The van der Waals surface area contributed by atoms with Crippen molar-refractivity contribution in [1.82, 2.24) is 10.2 Å². The van der Waals surface area contributed by atoms with E-state index in [1.165, 1.54) is 23.1 Å². The van der Waals surface area contributed by atoms with Crippen LogP contribution < -0.4 is 5.32 Å². The molecule has 0 bridgehead atoms. The van der Waals surface area contributed by atoms with E-state index in [2.05, 4.69) is 5.32 Å². The predicted octanol–water partition coefficient (Wildman–Crippen LogP) is 3.57. The van der Waals surface area contributed by atoms with Crippen LogP contribution in [0.25, 0.3) is 0 Å². The number of amides is 2. The van der Waals surface area contributed by atoms with Gasteiger partial charge in [-0.05, 0) is 36.8 Å². The van der Waals surface area contributed by atoms with E-state index in [9.17, 15) is 13.6 Å². The van der Waals surface area contributed by atoms with E-state index in [1.807, 2.05) is 6.07 Å². The molecule has 0 aliphatic heterocycles. The Labute approximate surface area is 139 Å². The number of rotatable bonds is 5. The first-order valence-electron chi connectivity index (χ1n) is 7.49. The second-order valence-electron chi connectivity index (χ2n) is 5.18. The summed E-state index contributed by atoms with van der Waals surface area (Å²) in [7, 11) is 0. The molecule has 0 aliphatic carbocycles. The smallest absolute Gasteiger partial charge is 0.317 e. The number of hydrogen-bond acceptors (Lipinski definition) is 2. The third-order valence-corrected chi connectivity index (χ3v) is 3.61. The summed E-state index contributed by atoms with van der Waals surface area (Å²) in [6, 6.07) is 12.0. The van der Waals surface area contributed by atoms with E-state index < -0.39 is 17.7 Å². The molecule has 2 rings (SSSR count). The summed E-state index contributed by atoms with van der Waals surface area (Å²) in [5.74, 6) is -1.35. The molecule has 2 aromatic carbocycles. The van der Waals surface area contributed by atoms with Crippen LogP contribution in [0.1, 0.15) is 23.6 Å². The number of nitrogens with zero attached hydrogens (tertiary/aromatic N) is 2. The first-order chi connectivity index (χ1) is 11.5. The third kappa shape index (κ3) is 4.29. The van der Waals surface area contributed by atoms with Gasteiger partial charge in [0.1, 0.15) is 11.6 Å². The second kappa shape index (κ2) is 8.06. The van der Waals surface area contributed by atoms with E-state index in [1.54, 1.807) is 31.2 Å². The van der Waals surface area contributed by atoms with E-state index in [0.717, 1.165) is 5.56 Å². The van der Waals surface area contributed by atoms with Crippen molar-refractivity contribution in [3.63, 3.8) is 0 Å². The molecule has 0 spiro atoms. The predicted molar refractivity (Wildman–Crippen MR) is 85.8 cm³/mol. The highest BCUT2D eigenvalue weighted by molar-refractivity contribution is 5.74. The molecule has 24 heavy (non-hydrogen) atoms. The van der Waals surface area contributed by atoms with Gasteiger partial charge in [0.25, 0.3) is 0 Å². The van der Waals surface area contributed by atoms with Crippen LogP contribution in [0.15, 0.2) is 42.5 Å². The zero-order valence-corrected chi connectivity index (χ0v) is 13.2. The van der Waals surface area contributed by atoms with E-state index in [0.29, 0.717) is 12.1 Å². The number of nitriles is 1. The fourth-order valence-corrected chi connectivity index (χ4v) is 2.19. The van der Waals surface area contributed by atoms with Gasteiger partial charge in [0.2, 0.25) is 0 Å². The topological polar surface area (TPSA) is 56.1 Å². The molecule has 0 aromatic heterocycles. The molecular formula is C18H17F2N3O. The van der Waals surface area contributed by atoms with Crippen molar-refractivity contribution in [2.75, 3.05) is 6.54 Å². The molecule has 0 radical (unpaired) electrons. The molecule has 2 amide bonds. The molecule has 0 aliphatic rings. The lowest BCUT2D eigenvalue weighted by molar-refractivity contribution is 0.196. The number of benzene rings is 2. The standard InChI is InChI=1S/C18H17F2N3O/c1-2-23(12-15-16(19)4-3-5-17(15)20)18(24)22-11-14-8-6-13(10-21)7-9-14/h3-9H,2,11-12H2,1H3,(H,22,24). The van der Waals surface area contributed by atoms with E-state index in [4.69, 9.17) is 5.26 Å². The van der Waals surface area contributed by atoms with Crippen molar-refractivity contribution in [3.05, 3.63) is 70.8 Å². The van der Waals surface area contributed by atoms with Crippen molar-refractivity contribution in [2.45, 2.75) is 20.0 Å². The number of carbonyl (C=O) groups is 1. The molecule has 124 valence electrons. The van der Waals surface area contributed by atoms with Crippen LogP contribution in [0.3, 0.4) is 0 Å². The lowest BCUT2D eigenvalue weighted by Gasteiger charge is -2.22. The summed E-state index contributed by atoms with van der Waals surface area (Å²) in [6.45, 7) is 2.17. The van der Waals surface area contributed by atoms with Crippen LogP contribution >= 0.6 is 0 Å². The third-order valence-electron chi connectivity index (χ3n) is 3.61. The van der Waals surface area contributed by atoms with Crippen molar-refractivity contribution in [2.24, 2.45) is 0 Å². The number of hydrogen-bond donors (Lipinski definition) is 1. The zero-order chi connectivity index (χ0) is 17.5. The maximum absolute atomic E-state index is 13.7. The van der Waals surface area contributed by atoms with Gasteiger partial charge < -0.3 is 10.2 Å². The van der Waals surface area contributed by atoms with Crippen molar-refractivity contribution >= 4 is 6.03 Å². The van der Waals surface area contributed by atoms with Crippen molar-refractivity contribution in [1.29, 1.82) is 5.26 Å². The van der Waals surface area contributed by atoms with Crippen LogP contribution in [0, 0.1) is 23.0 Å². The Morgan fingerprint density at radius 3 is 2.33 bits per heavy atom. The highest BCUT2D eigenvalue weighted by Gasteiger charge is 2.16. The first kappa shape index (κ1) is 17.4. The van der Waals surface area contributed by atoms with E-state index >= 15 is 0 Å². The van der Waals surface area contributed by atoms with Crippen LogP contribution in [-0.2, 0) is 13.1 Å². The molecule has 0 unspecified atom stereocenters. The van der Waals surface area contributed by atoms with E-state index in [-0.39, 0.29) is 18.7 Å². The molecule has 0 atom stereocenters. The van der Waals surface area contributed by atoms with Gasteiger partial charge in [-0.1, -0.05) is 18.2 Å². The van der Waals surface area contributed by atoms with Crippen LogP contribution in [0.4, 0.5) is 13.6 Å². The normalized spacial score (nSPS) is 10.1. The fourth-order valence-electron chi connectivity index (χ4n) is 2.19. The van der Waals surface area contributed by atoms with Crippen LogP contribution in [0.2, 0.25) is 0 Å². The molecule has 1 N–H and O–H groups in total. The number of halogens is 2. The van der Waals surface area contributed by atoms with Gasteiger partial charge in [0, 0.05) is 18.7 Å². The minimum Gasteiger partial charge on any atom is -0.334 e. The van der Waals surface area contributed by atoms with Crippen molar-refractivity contribution in [3.8, 4) is 6.07 Å².